The minimum atomic E-state index is -5.15. The maximum absolute atomic E-state index is 11.5. The summed E-state index contributed by atoms with van der Waals surface area (Å²) < 4.78 is 32.5. The van der Waals surface area contributed by atoms with Gasteiger partial charge in [-0.2, -0.15) is 0 Å². The second kappa shape index (κ2) is 18.9. The van der Waals surface area contributed by atoms with Crippen LogP contribution < -0.4 is 69.5 Å². The van der Waals surface area contributed by atoms with Gasteiger partial charge in [0, 0.05) is 6.54 Å². The van der Waals surface area contributed by atoms with Gasteiger partial charge in [0.15, 0.2) is 0 Å². The first kappa shape index (κ1) is 31.3. The van der Waals surface area contributed by atoms with Crippen molar-refractivity contribution in [2.45, 2.75) is 71.1 Å². The molecule has 0 fully saturated rings. The first-order chi connectivity index (χ1) is 11.3. The minimum absolute atomic E-state index is 0. The Balaban J connectivity index is -0.00000264. The van der Waals surface area contributed by atoms with E-state index < -0.39 is 26.9 Å². The number of aliphatic carboxylic acids is 1. The average molecular weight is 407 g/mol. The van der Waals surface area contributed by atoms with Crippen LogP contribution in [0.15, 0.2) is 11.0 Å². The van der Waals surface area contributed by atoms with Crippen molar-refractivity contribution >= 4 is 22.0 Å². The van der Waals surface area contributed by atoms with Gasteiger partial charge in [0.2, 0.25) is 0 Å². The standard InChI is InChI=1S/C16H29NO6S.2Na/c1-2-3-4-5-6-7-8-9-10-11-12-17-16(20)14(13-15(18)19)24(21,22)23;;/h13H,2-12H2,1H3,(H,17,20)(H,18,19)(H,21,22,23);;/q;2*+1/p-2/b14-13-;;. The number of nitrogens with one attached hydrogen (secondary N) is 1. The smallest absolute Gasteiger partial charge is 0.744 e. The van der Waals surface area contributed by atoms with Crippen molar-refractivity contribution in [3.63, 3.8) is 0 Å². The summed E-state index contributed by atoms with van der Waals surface area (Å²) in [6.45, 7) is 2.37. The quantitative estimate of drug-likeness (QED) is 0.133. The summed E-state index contributed by atoms with van der Waals surface area (Å²) in [4.78, 5) is 20.6. The Kier molecular flexibility index (Phi) is 22.8. The molecule has 0 saturated carbocycles. The van der Waals surface area contributed by atoms with Crippen LogP contribution in [0.3, 0.4) is 0 Å². The summed E-state index contributed by atoms with van der Waals surface area (Å²) in [7, 11) is -5.15. The van der Waals surface area contributed by atoms with Crippen molar-refractivity contribution in [2.24, 2.45) is 0 Å². The van der Waals surface area contributed by atoms with E-state index in [1.54, 1.807) is 0 Å². The number of hydrogen-bond acceptors (Lipinski definition) is 6. The number of rotatable bonds is 14. The Morgan fingerprint density at radius 2 is 1.31 bits per heavy atom. The minimum Gasteiger partial charge on any atom is -0.744 e. The number of unbranched alkanes of at least 4 members (excludes halogenated alkanes) is 9. The molecule has 0 radical (unpaired) electrons. The first-order valence-electron chi connectivity index (χ1n) is 8.45. The molecular formula is C16H27NNa2O6S. The van der Waals surface area contributed by atoms with Gasteiger partial charge in [-0.3, -0.25) is 4.79 Å². The number of carbonyl (C=O) groups excluding carboxylic acids is 2. The van der Waals surface area contributed by atoms with E-state index in [1.807, 2.05) is 0 Å². The molecule has 26 heavy (non-hydrogen) atoms. The van der Waals surface area contributed by atoms with Gasteiger partial charge in [-0.15, -0.1) is 0 Å². The van der Waals surface area contributed by atoms with E-state index in [0.29, 0.717) is 6.42 Å². The predicted molar refractivity (Wildman–Crippen MR) is 87.6 cm³/mol. The van der Waals surface area contributed by atoms with Gasteiger partial charge in [0.1, 0.15) is 15.0 Å². The van der Waals surface area contributed by atoms with Crippen molar-refractivity contribution < 1.29 is 86.8 Å². The Morgan fingerprint density at radius 1 is 0.885 bits per heavy atom. The molecule has 0 saturated heterocycles. The zero-order valence-electron chi connectivity index (χ0n) is 16.2. The van der Waals surface area contributed by atoms with E-state index in [-0.39, 0.29) is 71.7 Å². The van der Waals surface area contributed by atoms with Gasteiger partial charge in [-0.05, 0) is 12.5 Å². The number of carboxylic acid groups (broad SMARTS) is 1. The van der Waals surface area contributed by atoms with Crippen LogP contribution in [0, 0.1) is 0 Å². The molecule has 10 heteroatoms. The summed E-state index contributed by atoms with van der Waals surface area (Å²) in [6, 6.07) is 0. The number of hydrogen-bond donors (Lipinski definition) is 1. The van der Waals surface area contributed by atoms with Crippen LogP contribution in [-0.2, 0) is 19.7 Å². The van der Waals surface area contributed by atoms with Gasteiger partial charge >= 0.3 is 59.1 Å². The molecule has 0 aliphatic heterocycles. The van der Waals surface area contributed by atoms with E-state index in [4.69, 9.17) is 0 Å². The molecule has 0 aliphatic carbocycles. The molecule has 1 amide bonds. The van der Waals surface area contributed by atoms with E-state index in [0.717, 1.165) is 19.3 Å². The molecule has 0 aromatic heterocycles. The molecule has 140 valence electrons. The zero-order valence-corrected chi connectivity index (χ0v) is 21.0. The molecule has 0 unspecified atom stereocenters. The molecule has 1 N–H and O–H groups in total. The Hall–Kier alpha value is 0.590. The summed E-state index contributed by atoms with van der Waals surface area (Å²) in [6.07, 6.45) is 11.1. The number of carboxylic acids is 1. The van der Waals surface area contributed by atoms with Crippen LogP contribution in [0.1, 0.15) is 71.1 Å². The average Bonchev–Trinajstić information content (AvgIpc) is 2.48. The van der Waals surface area contributed by atoms with Crippen molar-refractivity contribution in [3.05, 3.63) is 11.0 Å². The van der Waals surface area contributed by atoms with Crippen molar-refractivity contribution in [3.8, 4) is 0 Å². The second-order valence-corrected chi connectivity index (χ2v) is 7.07. The fourth-order valence-corrected chi connectivity index (χ4v) is 2.80. The van der Waals surface area contributed by atoms with Gasteiger partial charge in [-0.1, -0.05) is 64.7 Å². The molecule has 0 aromatic rings. The third kappa shape index (κ3) is 18.0. The molecule has 0 atom stereocenters. The van der Waals surface area contributed by atoms with Crippen molar-refractivity contribution in [1.29, 1.82) is 0 Å². The predicted octanol–water partition coefficient (Wildman–Crippen LogP) is -4.79. The summed E-state index contributed by atoms with van der Waals surface area (Å²) in [5, 5.41) is 12.6. The van der Waals surface area contributed by atoms with Gasteiger partial charge < -0.3 is 19.8 Å². The maximum atomic E-state index is 11.5. The molecule has 0 aromatic carbocycles. The summed E-state index contributed by atoms with van der Waals surface area (Å²) in [5.74, 6) is -3.11. The largest absolute Gasteiger partial charge is 1.00 e. The second-order valence-electron chi connectivity index (χ2n) is 5.72. The molecular weight excluding hydrogens is 380 g/mol. The zero-order chi connectivity index (χ0) is 18.4. The van der Waals surface area contributed by atoms with Crippen molar-refractivity contribution in [1.82, 2.24) is 5.32 Å². The van der Waals surface area contributed by atoms with Gasteiger partial charge in [-0.25, -0.2) is 8.42 Å². The van der Waals surface area contributed by atoms with Crippen LogP contribution in [0.2, 0.25) is 0 Å². The van der Waals surface area contributed by atoms with Crippen molar-refractivity contribution in [2.75, 3.05) is 6.54 Å². The van der Waals surface area contributed by atoms with Gasteiger partial charge in [0.25, 0.3) is 5.91 Å². The number of amides is 1. The summed E-state index contributed by atoms with van der Waals surface area (Å²) in [5.41, 5.74) is 0. The SMILES string of the molecule is CCCCCCCCCCCCNC(=O)/C(=C/C(=O)[O-])S(=O)(=O)[O-].[Na+].[Na+]. The number of carbonyl (C=O) groups is 2. The Bertz CT molecular complexity index is 523. The molecule has 0 bridgehead atoms. The first-order valence-corrected chi connectivity index (χ1v) is 9.86. The van der Waals surface area contributed by atoms with Gasteiger partial charge in [0.05, 0.1) is 5.97 Å². The molecule has 0 heterocycles. The van der Waals surface area contributed by atoms with Crippen LogP contribution in [0.25, 0.3) is 0 Å². The normalized spacial score (nSPS) is 11.2. The van der Waals surface area contributed by atoms with E-state index in [1.165, 1.54) is 38.5 Å². The maximum Gasteiger partial charge on any atom is 1.00 e. The van der Waals surface area contributed by atoms with Crippen LogP contribution in [0.4, 0.5) is 0 Å². The van der Waals surface area contributed by atoms with E-state index >= 15 is 0 Å². The fraction of sp³-hybridized carbons (Fsp3) is 0.750. The molecule has 7 nitrogen and oxygen atoms in total. The summed E-state index contributed by atoms with van der Waals surface area (Å²) >= 11 is 0. The topological polar surface area (TPSA) is 126 Å². The third-order valence-electron chi connectivity index (χ3n) is 3.56. The van der Waals surface area contributed by atoms with Crippen LogP contribution in [-0.4, -0.2) is 31.4 Å². The Morgan fingerprint density at radius 3 is 1.69 bits per heavy atom. The van der Waals surface area contributed by atoms with E-state index in [9.17, 15) is 27.7 Å². The molecule has 0 spiro atoms. The molecule has 0 aliphatic rings. The monoisotopic (exact) mass is 407 g/mol. The molecule has 0 rings (SSSR count). The third-order valence-corrected chi connectivity index (χ3v) is 4.40. The Labute approximate surface area is 201 Å². The van der Waals surface area contributed by atoms with E-state index in [2.05, 4.69) is 12.2 Å². The fourth-order valence-electron chi connectivity index (χ4n) is 2.26. The van der Waals surface area contributed by atoms with Crippen LogP contribution >= 0.6 is 0 Å². The van der Waals surface area contributed by atoms with Crippen LogP contribution in [0.5, 0.6) is 0 Å².